The summed E-state index contributed by atoms with van der Waals surface area (Å²) in [6.07, 6.45) is 7.35. The molecule has 1 aliphatic rings. The van der Waals surface area contributed by atoms with Gasteiger partial charge in [0.05, 0.1) is 42.8 Å². The minimum Gasteiger partial charge on any atom is -0.432 e. The number of likely N-dealkylation sites (tertiary alicyclic amines) is 1. The van der Waals surface area contributed by atoms with Crippen LogP contribution in [0.1, 0.15) is 22.7 Å². The second-order valence-corrected chi connectivity index (χ2v) is 6.62. The Hall–Kier alpha value is -4.18. The first-order chi connectivity index (χ1) is 14.2. The van der Waals surface area contributed by atoms with Crippen molar-refractivity contribution < 1.29 is 9.21 Å². The molecule has 3 heterocycles. The van der Waals surface area contributed by atoms with Crippen LogP contribution in [0, 0.1) is 22.8 Å². The maximum Gasteiger partial charge on any atom is 0.307 e. The number of nitriles is 2. The molecule has 1 aliphatic heterocycles. The molecule has 10 heteroatoms. The van der Waals surface area contributed by atoms with E-state index in [0.29, 0.717) is 36.4 Å². The Balaban J connectivity index is 1.41. The number of oxazole rings is 1. The van der Waals surface area contributed by atoms with Crippen LogP contribution in [-0.2, 0) is 6.54 Å². The van der Waals surface area contributed by atoms with Crippen molar-refractivity contribution >= 4 is 5.91 Å². The molecule has 2 atom stereocenters. The maximum absolute atomic E-state index is 12.5. The molecule has 29 heavy (non-hydrogen) atoms. The summed E-state index contributed by atoms with van der Waals surface area (Å²) in [5.41, 5.74) is 1.16. The van der Waals surface area contributed by atoms with Crippen molar-refractivity contribution in [3.8, 4) is 23.6 Å². The first kappa shape index (κ1) is 18.2. The van der Waals surface area contributed by atoms with Gasteiger partial charge >= 0.3 is 5.91 Å². The lowest BCUT2D eigenvalue weighted by atomic mass is 10.1. The topological polar surface area (TPSA) is 137 Å². The fourth-order valence-electron chi connectivity index (χ4n) is 3.34. The Bertz CT molecular complexity index is 1090. The number of hydrogen-bond donors (Lipinski definition) is 1. The third kappa shape index (κ3) is 3.92. The summed E-state index contributed by atoms with van der Waals surface area (Å²) in [7, 11) is 0. The second-order valence-electron chi connectivity index (χ2n) is 6.62. The van der Waals surface area contributed by atoms with E-state index >= 15 is 0 Å². The van der Waals surface area contributed by atoms with E-state index in [1.54, 1.807) is 41.6 Å². The summed E-state index contributed by atoms with van der Waals surface area (Å²) in [6.45, 7) is 0.858. The average Bonchev–Trinajstić information content (AvgIpc) is 3.49. The molecular weight excluding hydrogens is 372 g/mol. The highest BCUT2D eigenvalue weighted by Crippen LogP contribution is 2.22. The highest BCUT2D eigenvalue weighted by Gasteiger charge is 2.34. The van der Waals surface area contributed by atoms with Gasteiger partial charge in [0, 0.05) is 18.2 Å². The Labute approximate surface area is 166 Å². The maximum atomic E-state index is 12.5. The molecule has 0 bridgehead atoms. The van der Waals surface area contributed by atoms with E-state index in [-0.39, 0.29) is 18.0 Å². The summed E-state index contributed by atoms with van der Waals surface area (Å²) in [6, 6.07) is 8.60. The Morgan fingerprint density at radius 2 is 2.14 bits per heavy atom. The summed E-state index contributed by atoms with van der Waals surface area (Å²) in [5.74, 6) is -0.114. The number of benzene rings is 1. The van der Waals surface area contributed by atoms with Gasteiger partial charge in [-0.2, -0.15) is 25.5 Å². The smallest absolute Gasteiger partial charge is 0.307 e. The van der Waals surface area contributed by atoms with E-state index in [0.717, 1.165) is 0 Å². The SMILES string of the molecule is N#Cc1cccc(-c2cnc(C(=O)N[C@@H]3C[C@@H](Cn4nccn4)N(C#N)C3)o2)c1. The molecule has 0 aliphatic carbocycles. The third-order valence-electron chi connectivity index (χ3n) is 4.69. The van der Waals surface area contributed by atoms with Crippen LogP contribution < -0.4 is 5.32 Å². The monoisotopic (exact) mass is 388 g/mol. The van der Waals surface area contributed by atoms with Crippen LogP contribution in [0.5, 0.6) is 0 Å². The zero-order valence-corrected chi connectivity index (χ0v) is 15.3. The average molecular weight is 388 g/mol. The van der Waals surface area contributed by atoms with Crippen molar-refractivity contribution in [2.45, 2.75) is 25.0 Å². The molecule has 0 saturated carbocycles. The van der Waals surface area contributed by atoms with E-state index in [1.807, 2.05) is 0 Å². The predicted molar refractivity (Wildman–Crippen MR) is 98.7 cm³/mol. The standard InChI is InChI=1S/C19H16N8O2/c20-8-13-2-1-3-14(6-13)17-9-22-19(29-17)18(28)25-15-7-16(26(10-15)12-21)11-27-23-4-5-24-27/h1-6,9,15-16H,7,10-11H2,(H,25,28)/t15-,16+/m1/s1. The lowest BCUT2D eigenvalue weighted by Gasteiger charge is -2.16. The van der Waals surface area contributed by atoms with Crippen LogP contribution in [0.4, 0.5) is 0 Å². The van der Waals surface area contributed by atoms with E-state index in [1.165, 1.54) is 11.0 Å². The lowest BCUT2D eigenvalue weighted by Crippen LogP contribution is -2.36. The van der Waals surface area contributed by atoms with Gasteiger partial charge in [-0.25, -0.2) is 4.98 Å². The summed E-state index contributed by atoms with van der Waals surface area (Å²) < 4.78 is 5.57. The van der Waals surface area contributed by atoms with Gasteiger partial charge in [0.1, 0.15) is 0 Å². The van der Waals surface area contributed by atoms with Crippen LogP contribution in [0.2, 0.25) is 0 Å². The van der Waals surface area contributed by atoms with E-state index in [4.69, 9.17) is 9.68 Å². The van der Waals surface area contributed by atoms with Crippen LogP contribution in [0.25, 0.3) is 11.3 Å². The molecule has 4 rings (SSSR count). The van der Waals surface area contributed by atoms with Crippen LogP contribution in [-0.4, -0.2) is 49.4 Å². The van der Waals surface area contributed by atoms with Gasteiger partial charge in [0.15, 0.2) is 12.0 Å². The predicted octanol–water partition coefficient (Wildman–Crippen LogP) is 1.16. The largest absolute Gasteiger partial charge is 0.432 e. The minimum atomic E-state index is -0.451. The molecular formula is C19H16N8O2. The van der Waals surface area contributed by atoms with Crippen LogP contribution in [0.3, 0.4) is 0 Å². The Morgan fingerprint density at radius 1 is 1.31 bits per heavy atom. The summed E-state index contributed by atoms with van der Waals surface area (Å²) in [5, 5.41) is 29.4. The number of hydrogen-bond acceptors (Lipinski definition) is 8. The first-order valence-electron chi connectivity index (χ1n) is 8.94. The molecule has 1 saturated heterocycles. The molecule has 0 radical (unpaired) electrons. The van der Waals surface area contributed by atoms with Crippen molar-refractivity contribution in [2.24, 2.45) is 0 Å². The zero-order chi connectivity index (χ0) is 20.2. The highest BCUT2D eigenvalue weighted by atomic mass is 16.4. The molecule has 10 nitrogen and oxygen atoms in total. The molecule has 0 spiro atoms. The number of nitrogens with one attached hydrogen (secondary N) is 1. The Morgan fingerprint density at radius 3 is 2.90 bits per heavy atom. The van der Waals surface area contributed by atoms with Gasteiger partial charge in [-0.15, -0.1) is 0 Å². The molecule has 1 aromatic carbocycles. The van der Waals surface area contributed by atoms with Gasteiger partial charge in [0.25, 0.3) is 5.89 Å². The van der Waals surface area contributed by atoms with E-state index in [9.17, 15) is 10.1 Å². The normalized spacial score (nSPS) is 18.2. The van der Waals surface area contributed by atoms with Gasteiger partial charge in [0.2, 0.25) is 0 Å². The van der Waals surface area contributed by atoms with Crippen LogP contribution in [0.15, 0.2) is 47.3 Å². The number of carbonyl (C=O) groups excluding carboxylic acids is 1. The van der Waals surface area contributed by atoms with Crippen molar-refractivity contribution in [3.05, 3.63) is 54.3 Å². The molecule has 1 fully saturated rings. The number of nitrogens with zero attached hydrogens (tertiary/aromatic N) is 7. The number of rotatable bonds is 5. The van der Waals surface area contributed by atoms with Crippen molar-refractivity contribution in [3.63, 3.8) is 0 Å². The molecule has 1 N–H and O–H groups in total. The van der Waals surface area contributed by atoms with Gasteiger partial charge in [-0.05, 0) is 18.6 Å². The molecule has 1 amide bonds. The highest BCUT2D eigenvalue weighted by molar-refractivity contribution is 5.90. The minimum absolute atomic E-state index is 0.0666. The zero-order valence-electron chi connectivity index (χ0n) is 15.3. The number of amides is 1. The number of aromatic nitrogens is 4. The molecule has 144 valence electrons. The van der Waals surface area contributed by atoms with Crippen molar-refractivity contribution in [2.75, 3.05) is 6.54 Å². The fraction of sp³-hybridized carbons (Fsp3) is 0.263. The van der Waals surface area contributed by atoms with Gasteiger partial charge in [-0.1, -0.05) is 12.1 Å². The fourth-order valence-corrected chi connectivity index (χ4v) is 3.34. The van der Waals surface area contributed by atoms with Gasteiger partial charge < -0.3 is 14.6 Å². The molecule has 0 unspecified atom stereocenters. The molecule has 3 aromatic rings. The lowest BCUT2D eigenvalue weighted by molar-refractivity contribution is 0.0904. The summed E-state index contributed by atoms with van der Waals surface area (Å²) >= 11 is 0. The Kier molecular flexibility index (Phi) is 4.91. The number of carbonyl (C=O) groups is 1. The van der Waals surface area contributed by atoms with Crippen molar-refractivity contribution in [1.82, 2.24) is 30.2 Å². The first-order valence-corrected chi connectivity index (χ1v) is 8.94. The van der Waals surface area contributed by atoms with Crippen molar-refractivity contribution in [1.29, 1.82) is 10.5 Å². The molecule has 2 aromatic heterocycles. The third-order valence-corrected chi connectivity index (χ3v) is 4.69. The second kappa shape index (κ2) is 7.82. The quantitative estimate of drug-likeness (QED) is 0.643. The summed E-state index contributed by atoms with van der Waals surface area (Å²) in [4.78, 5) is 19.7. The van der Waals surface area contributed by atoms with Gasteiger partial charge in [-0.3, -0.25) is 4.79 Å². The van der Waals surface area contributed by atoms with E-state index in [2.05, 4.69) is 32.8 Å². The van der Waals surface area contributed by atoms with E-state index < -0.39 is 5.91 Å². The van der Waals surface area contributed by atoms with Crippen LogP contribution >= 0.6 is 0 Å².